The highest BCUT2D eigenvalue weighted by atomic mass is 16.3. The van der Waals surface area contributed by atoms with Crippen LogP contribution in [0.2, 0.25) is 0 Å². The predicted molar refractivity (Wildman–Crippen MR) is 106 cm³/mol. The fraction of sp³-hybridized carbons (Fsp3) is 0.0476. The molecule has 3 aromatic carbocycles. The van der Waals surface area contributed by atoms with Crippen LogP contribution < -0.4 is 5.32 Å². The minimum absolute atomic E-state index is 0.101. The summed E-state index contributed by atoms with van der Waals surface area (Å²) in [5.74, 6) is -1.03. The third kappa shape index (κ3) is 3.39. The van der Waals surface area contributed by atoms with E-state index in [9.17, 15) is 25.2 Å². The number of rotatable bonds is 3. The van der Waals surface area contributed by atoms with Crippen molar-refractivity contribution in [3.8, 4) is 23.0 Å². The number of hydrogen-bond donors (Lipinski definition) is 5. The molecular formula is C21H17N3O5. The van der Waals surface area contributed by atoms with E-state index in [1.54, 1.807) is 24.3 Å². The van der Waals surface area contributed by atoms with Crippen LogP contribution in [0.1, 0.15) is 27.7 Å². The van der Waals surface area contributed by atoms with Crippen LogP contribution in [0.3, 0.4) is 0 Å². The van der Waals surface area contributed by atoms with Crippen LogP contribution in [0, 0.1) is 0 Å². The first-order chi connectivity index (χ1) is 13.9. The first kappa shape index (κ1) is 18.2. The molecule has 0 unspecified atom stereocenters. The molecule has 0 saturated carbocycles. The van der Waals surface area contributed by atoms with E-state index in [0.717, 1.165) is 11.1 Å². The zero-order valence-electron chi connectivity index (χ0n) is 15.0. The fourth-order valence-corrected chi connectivity index (χ4v) is 3.10. The third-order valence-electron chi connectivity index (χ3n) is 4.55. The number of nitrogens with one attached hydrogen (secondary N) is 1. The molecule has 1 amide bonds. The number of phenolic OH excluding ortho intramolecular Hbond substituents is 4. The maximum Gasteiger partial charge on any atom is 0.278 e. The number of aromatic hydroxyl groups is 4. The number of benzene rings is 3. The van der Waals surface area contributed by atoms with Gasteiger partial charge in [-0.25, -0.2) is 5.01 Å². The van der Waals surface area contributed by atoms with Crippen LogP contribution in [0.15, 0.2) is 65.8 Å². The van der Waals surface area contributed by atoms with Gasteiger partial charge < -0.3 is 25.7 Å². The topological polar surface area (TPSA) is 126 Å². The highest BCUT2D eigenvalue weighted by molar-refractivity contribution is 6.02. The van der Waals surface area contributed by atoms with Crippen LogP contribution in [0.5, 0.6) is 23.0 Å². The molecule has 146 valence electrons. The number of anilines is 1. The maximum atomic E-state index is 13.1. The molecule has 8 heteroatoms. The second kappa shape index (κ2) is 7.08. The van der Waals surface area contributed by atoms with Gasteiger partial charge in [-0.2, -0.15) is 5.10 Å². The second-order valence-electron chi connectivity index (χ2n) is 6.47. The van der Waals surface area contributed by atoms with Gasteiger partial charge in [-0.3, -0.25) is 4.79 Å². The van der Waals surface area contributed by atoms with E-state index in [0.29, 0.717) is 22.4 Å². The molecule has 1 aliphatic heterocycles. The minimum Gasteiger partial charge on any atom is -0.508 e. The SMILES string of the molecule is O=C1c2ccccc2N[C@H](c2ccc(O)cc2O)N1/N=C\c1ccc(O)cc1O. The van der Waals surface area contributed by atoms with E-state index in [1.807, 2.05) is 0 Å². The van der Waals surface area contributed by atoms with Crippen molar-refractivity contribution in [2.75, 3.05) is 5.32 Å². The number of carbonyl (C=O) groups excluding carboxylic acids is 1. The number of phenols is 4. The van der Waals surface area contributed by atoms with Gasteiger partial charge in [0.15, 0.2) is 6.17 Å². The summed E-state index contributed by atoms with van der Waals surface area (Å²) in [4.78, 5) is 13.1. The van der Waals surface area contributed by atoms with Crippen molar-refractivity contribution in [2.24, 2.45) is 5.10 Å². The number of fused-ring (bicyclic) bond motifs is 1. The number of hydrogen-bond acceptors (Lipinski definition) is 7. The van der Waals surface area contributed by atoms with Crippen molar-refractivity contribution in [1.82, 2.24) is 5.01 Å². The molecule has 0 radical (unpaired) electrons. The molecule has 0 fully saturated rings. The Bertz CT molecular complexity index is 1130. The standard InChI is InChI=1S/C21H17N3O5/c25-13-6-5-12(18(27)9-13)11-22-24-20(16-8-7-14(26)10-19(16)28)23-17-4-2-1-3-15(17)21(24)29/h1-11,20,23,25-28H/b22-11-/t20-/m0/s1. The van der Waals surface area contributed by atoms with E-state index in [-0.39, 0.29) is 23.0 Å². The zero-order valence-corrected chi connectivity index (χ0v) is 15.0. The zero-order chi connectivity index (χ0) is 20.5. The van der Waals surface area contributed by atoms with Gasteiger partial charge in [0.05, 0.1) is 11.8 Å². The molecule has 1 heterocycles. The lowest BCUT2D eigenvalue weighted by Gasteiger charge is -2.34. The molecule has 0 aliphatic carbocycles. The Morgan fingerprint density at radius 2 is 1.59 bits per heavy atom. The van der Waals surface area contributed by atoms with Gasteiger partial charge in [0.2, 0.25) is 0 Å². The van der Waals surface area contributed by atoms with E-state index in [2.05, 4.69) is 10.4 Å². The molecule has 3 aromatic rings. The van der Waals surface area contributed by atoms with Crippen LogP contribution in [0.4, 0.5) is 5.69 Å². The van der Waals surface area contributed by atoms with Gasteiger partial charge in [0.1, 0.15) is 23.0 Å². The van der Waals surface area contributed by atoms with Gasteiger partial charge in [-0.1, -0.05) is 12.1 Å². The summed E-state index contributed by atoms with van der Waals surface area (Å²) < 4.78 is 0. The lowest BCUT2D eigenvalue weighted by molar-refractivity contribution is 0.0689. The van der Waals surface area contributed by atoms with Crippen molar-refractivity contribution in [3.05, 3.63) is 77.4 Å². The minimum atomic E-state index is -0.853. The van der Waals surface area contributed by atoms with Crippen LogP contribution in [-0.2, 0) is 0 Å². The molecule has 1 atom stereocenters. The third-order valence-corrected chi connectivity index (χ3v) is 4.55. The van der Waals surface area contributed by atoms with Gasteiger partial charge in [0, 0.05) is 28.9 Å². The molecule has 4 rings (SSSR count). The molecule has 29 heavy (non-hydrogen) atoms. The molecule has 0 spiro atoms. The summed E-state index contributed by atoms with van der Waals surface area (Å²) in [6.07, 6.45) is 0.431. The van der Waals surface area contributed by atoms with Gasteiger partial charge in [-0.15, -0.1) is 0 Å². The Labute approximate surface area is 165 Å². The predicted octanol–water partition coefficient (Wildman–Crippen LogP) is 3.11. The molecule has 8 nitrogen and oxygen atoms in total. The van der Waals surface area contributed by atoms with Crippen molar-refractivity contribution in [3.63, 3.8) is 0 Å². The summed E-state index contributed by atoms with van der Waals surface area (Å²) in [6.45, 7) is 0. The first-order valence-electron chi connectivity index (χ1n) is 8.71. The van der Waals surface area contributed by atoms with E-state index < -0.39 is 12.1 Å². The molecule has 1 aliphatic rings. The Balaban J connectivity index is 1.78. The van der Waals surface area contributed by atoms with E-state index in [1.165, 1.54) is 36.5 Å². The largest absolute Gasteiger partial charge is 0.508 e. The van der Waals surface area contributed by atoms with Crippen molar-refractivity contribution >= 4 is 17.8 Å². The molecule has 0 bridgehead atoms. The summed E-state index contributed by atoms with van der Waals surface area (Å²) in [7, 11) is 0. The van der Waals surface area contributed by atoms with Crippen molar-refractivity contribution < 1.29 is 25.2 Å². The van der Waals surface area contributed by atoms with E-state index >= 15 is 0 Å². The molecule has 0 aromatic heterocycles. The average molecular weight is 391 g/mol. The fourth-order valence-electron chi connectivity index (χ4n) is 3.10. The lowest BCUT2D eigenvalue weighted by Crippen LogP contribution is -2.39. The summed E-state index contributed by atoms with van der Waals surface area (Å²) in [5.41, 5.74) is 1.60. The van der Waals surface area contributed by atoms with Crippen LogP contribution in [0.25, 0.3) is 0 Å². The van der Waals surface area contributed by atoms with Crippen LogP contribution >= 0.6 is 0 Å². The van der Waals surface area contributed by atoms with Crippen molar-refractivity contribution in [2.45, 2.75) is 6.17 Å². The number of amides is 1. The Morgan fingerprint density at radius 3 is 2.31 bits per heavy atom. The number of hydrazone groups is 1. The quantitative estimate of drug-likeness (QED) is 0.437. The number of para-hydroxylation sites is 1. The second-order valence-corrected chi connectivity index (χ2v) is 6.47. The smallest absolute Gasteiger partial charge is 0.278 e. The number of nitrogens with zero attached hydrogens (tertiary/aromatic N) is 2. The van der Waals surface area contributed by atoms with Gasteiger partial charge in [-0.05, 0) is 36.4 Å². The molecule has 0 saturated heterocycles. The Morgan fingerprint density at radius 1 is 0.897 bits per heavy atom. The highest BCUT2D eigenvalue weighted by Gasteiger charge is 2.34. The Hall–Kier alpha value is -4.20. The van der Waals surface area contributed by atoms with Gasteiger partial charge >= 0.3 is 0 Å². The average Bonchev–Trinajstić information content (AvgIpc) is 2.68. The summed E-state index contributed by atoms with van der Waals surface area (Å²) >= 11 is 0. The lowest BCUT2D eigenvalue weighted by atomic mass is 10.0. The highest BCUT2D eigenvalue weighted by Crippen LogP contribution is 2.37. The van der Waals surface area contributed by atoms with Crippen molar-refractivity contribution in [1.29, 1.82) is 0 Å². The Kier molecular flexibility index (Phi) is 4.44. The van der Waals surface area contributed by atoms with E-state index in [4.69, 9.17) is 0 Å². The monoisotopic (exact) mass is 391 g/mol. The molecular weight excluding hydrogens is 374 g/mol. The summed E-state index contributed by atoms with van der Waals surface area (Å²) in [6, 6.07) is 15.0. The first-order valence-corrected chi connectivity index (χ1v) is 8.71. The summed E-state index contributed by atoms with van der Waals surface area (Å²) in [5, 5.41) is 47.8. The van der Waals surface area contributed by atoms with Gasteiger partial charge in [0.25, 0.3) is 5.91 Å². The normalized spacial score (nSPS) is 15.9. The maximum absolute atomic E-state index is 13.1. The molecule has 5 N–H and O–H groups in total. The van der Waals surface area contributed by atoms with Crippen LogP contribution in [-0.4, -0.2) is 37.6 Å². The number of carbonyl (C=O) groups is 1.